The molecule has 0 radical (unpaired) electrons. The maximum Gasteiger partial charge on any atom is 0.313 e. The number of hydrogen-bond acceptors (Lipinski definition) is 4. The first-order valence-corrected chi connectivity index (χ1v) is 12.2. The maximum atomic E-state index is 13.4. The van der Waals surface area contributed by atoms with Crippen molar-refractivity contribution in [2.75, 3.05) is 18.4 Å². The van der Waals surface area contributed by atoms with Crippen molar-refractivity contribution in [3.8, 4) is 0 Å². The van der Waals surface area contributed by atoms with Crippen molar-refractivity contribution in [2.24, 2.45) is 0 Å². The van der Waals surface area contributed by atoms with E-state index in [0.717, 1.165) is 16.7 Å². The molecule has 0 bridgehead atoms. The molecule has 0 aromatic heterocycles. The van der Waals surface area contributed by atoms with Crippen LogP contribution in [0.4, 0.5) is 5.69 Å². The first-order chi connectivity index (χ1) is 15.0. The molecule has 2 N–H and O–H groups in total. The molecule has 1 aliphatic rings. The van der Waals surface area contributed by atoms with Gasteiger partial charge < -0.3 is 10.6 Å². The molecule has 2 amide bonds. The summed E-state index contributed by atoms with van der Waals surface area (Å²) in [7, 11) is -3.71. The van der Waals surface area contributed by atoms with Crippen LogP contribution in [0.25, 0.3) is 0 Å². The minimum atomic E-state index is -3.71. The van der Waals surface area contributed by atoms with Crippen LogP contribution in [0.5, 0.6) is 0 Å². The summed E-state index contributed by atoms with van der Waals surface area (Å²) in [6.45, 7) is 9.83. The van der Waals surface area contributed by atoms with Crippen molar-refractivity contribution < 1.29 is 18.0 Å². The molecule has 3 rings (SSSR count). The molecule has 8 heteroatoms. The zero-order chi connectivity index (χ0) is 23.6. The summed E-state index contributed by atoms with van der Waals surface area (Å²) in [4.78, 5) is 25.1. The zero-order valence-electron chi connectivity index (χ0n) is 19.3. The van der Waals surface area contributed by atoms with E-state index in [-0.39, 0.29) is 6.54 Å². The summed E-state index contributed by atoms with van der Waals surface area (Å²) in [6, 6.07) is 8.82. The van der Waals surface area contributed by atoms with Crippen molar-refractivity contribution in [3.63, 3.8) is 0 Å². The third-order valence-electron chi connectivity index (χ3n) is 6.05. The first kappa shape index (κ1) is 23.9. The van der Waals surface area contributed by atoms with Crippen LogP contribution in [-0.2, 0) is 19.6 Å². The summed E-state index contributed by atoms with van der Waals surface area (Å²) in [5.74, 6) is -1.55. The quantitative estimate of drug-likeness (QED) is 0.675. The number of nitrogens with one attached hydrogen (secondary N) is 2. The number of sulfonamides is 1. The predicted molar refractivity (Wildman–Crippen MR) is 125 cm³/mol. The molecule has 1 heterocycles. The Morgan fingerprint density at radius 3 is 2.31 bits per heavy atom. The average molecular weight is 458 g/mol. The second-order valence-corrected chi connectivity index (χ2v) is 10.4. The number of anilines is 1. The molecule has 1 saturated heterocycles. The highest BCUT2D eigenvalue weighted by Gasteiger charge is 2.37. The number of aryl methyl sites for hydroxylation is 4. The van der Waals surface area contributed by atoms with Crippen LogP contribution < -0.4 is 10.6 Å². The number of rotatable bonds is 5. The minimum Gasteiger partial charge on any atom is -0.346 e. The van der Waals surface area contributed by atoms with Gasteiger partial charge >= 0.3 is 11.8 Å². The van der Waals surface area contributed by atoms with E-state index in [2.05, 4.69) is 10.6 Å². The van der Waals surface area contributed by atoms with Crippen molar-refractivity contribution in [1.29, 1.82) is 0 Å². The highest BCUT2D eigenvalue weighted by atomic mass is 32.2. The molecule has 2 aromatic rings. The molecule has 2 aromatic carbocycles. The van der Waals surface area contributed by atoms with E-state index in [9.17, 15) is 18.0 Å². The minimum absolute atomic E-state index is 0.0856. The van der Waals surface area contributed by atoms with E-state index in [4.69, 9.17) is 0 Å². The van der Waals surface area contributed by atoms with Gasteiger partial charge in [0.15, 0.2) is 0 Å². The Morgan fingerprint density at radius 2 is 1.66 bits per heavy atom. The lowest BCUT2D eigenvalue weighted by Crippen LogP contribution is -2.45. The lowest BCUT2D eigenvalue weighted by molar-refractivity contribution is -0.136. The summed E-state index contributed by atoms with van der Waals surface area (Å²) in [5.41, 5.74) is 4.93. The predicted octanol–water partition coefficient (Wildman–Crippen LogP) is 3.14. The molecule has 7 nitrogen and oxygen atoms in total. The molecule has 0 saturated carbocycles. The first-order valence-electron chi connectivity index (χ1n) is 10.8. The van der Waals surface area contributed by atoms with Crippen molar-refractivity contribution >= 4 is 27.5 Å². The van der Waals surface area contributed by atoms with Gasteiger partial charge in [-0.1, -0.05) is 29.8 Å². The monoisotopic (exact) mass is 457 g/mol. The number of carbonyl (C=O) groups is 2. The second-order valence-electron chi connectivity index (χ2n) is 8.55. The highest BCUT2D eigenvalue weighted by molar-refractivity contribution is 7.89. The third kappa shape index (κ3) is 4.86. The summed E-state index contributed by atoms with van der Waals surface area (Å²) < 4.78 is 28.3. The molecule has 0 spiro atoms. The normalized spacial score (nSPS) is 16.7. The van der Waals surface area contributed by atoms with Gasteiger partial charge in [0.2, 0.25) is 10.0 Å². The molecule has 172 valence electrons. The van der Waals surface area contributed by atoms with E-state index in [1.54, 1.807) is 19.9 Å². The second kappa shape index (κ2) is 9.42. The summed E-state index contributed by atoms with van der Waals surface area (Å²) in [6.07, 6.45) is 1.33. The standard InChI is InChI=1S/C24H31N3O4S/c1-15-12-17(3)22(18(4)13-15)32(30,31)27-11-7-9-20(27)14-25-23(28)24(29)26-21-10-6-8-16(2)19(21)5/h6,8,10,12-13,20H,7,9,11,14H2,1-5H3,(H,25,28)(H,26,29). The smallest absolute Gasteiger partial charge is 0.313 e. The molecule has 1 aliphatic heterocycles. The van der Waals surface area contributed by atoms with Gasteiger partial charge in [-0.05, 0) is 75.8 Å². The Morgan fingerprint density at radius 1 is 1.00 bits per heavy atom. The number of hydrogen-bond donors (Lipinski definition) is 2. The van der Waals surface area contributed by atoms with Crippen LogP contribution in [0.15, 0.2) is 35.2 Å². The van der Waals surface area contributed by atoms with Gasteiger partial charge in [0, 0.05) is 24.8 Å². The van der Waals surface area contributed by atoms with Gasteiger partial charge in [-0.3, -0.25) is 9.59 Å². The molecule has 1 atom stereocenters. The van der Waals surface area contributed by atoms with Crippen LogP contribution >= 0.6 is 0 Å². The molecule has 0 aliphatic carbocycles. The Balaban J connectivity index is 1.69. The lowest BCUT2D eigenvalue weighted by Gasteiger charge is -2.26. The number of nitrogens with zero attached hydrogens (tertiary/aromatic N) is 1. The maximum absolute atomic E-state index is 13.4. The fourth-order valence-electron chi connectivity index (χ4n) is 4.38. The fourth-order valence-corrected chi connectivity index (χ4v) is 6.48. The number of amides is 2. The molecular formula is C24H31N3O4S. The molecule has 32 heavy (non-hydrogen) atoms. The Kier molecular flexibility index (Phi) is 7.05. The van der Waals surface area contributed by atoms with Gasteiger partial charge in [0.05, 0.1) is 4.90 Å². The fraction of sp³-hybridized carbons (Fsp3) is 0.417. The Bertz CT molecular complexity index is 1130. The average Bonchev–Trinajstić information content (AvgIpc) is 3.18. The van der Waals surface area contributed by atoms with Gasteiger partial charge in [-0.15, -0.1) is 0 Å². The van der Waals surface area contributed by atoms with Gasteiger partial charge in [0.1, 0.15) is 0 Å². The van der Waals surface area contributed by atoms with Crippen LogP contribution in [0.1, 0.15) is 40.7 Å². The highest BCUT2D eigenvalue weighted by Crippen LogP contribution is 2.30. The summed E-state index contributed by atoms with van der Waals surface area (Å²) in [5, 5.41) is 5.24. The van der Waals surface area contributed by atoms with Crippen LogP contribution in [-0.4, -0.2) is 43.7 Å². The van der Waals surface area contributed by atoms with Crippen LogP contribution in [0.2, 0.25) is 0 Å². The summed E-state index contributed by atoms with van der Waals surface area (Å²) >= 11 is 0. The number of benzene rings is 2. The number of carbonyl (C=O) groups excluding carboxylic acids is 2. The molecule has 1 fully saturated rings. The molecule has 1 unspecified atom stereocenters. The van der Waals surface area contributed by atoms with E-state index < -0.39 is 27.9 Å². The van der Waals surface area contributed by atoms with Gasteiger partial charge in [-0.2, -0.15) is 4.31 Å². The van der Waals surface area contributed by atoms with Crippen molar-refractivity contribution in [2.45, 2.75) is 58.4 Å². The zero-order valence-corrected chi connectivity index (χ0v) is 20.1. The third-order valence-corrected chi connectivity index (χ3v) is 8.31. The SMILES string of the molecule is Cc1cc(C)c(S(=O)(=O)N2CCCC2CNC(=O)C(=O)Nc2cccc(C)c2C)c(C)c1. The van der Waals surface area contributed by atoms with Crippen LogP contribution in [0.3, 0.4) is 0 Å². The lowest BCUT2D eigenvalue weighted by atomic mass is 10.1. The van der Waals surface area contributed by atoms with Gasteiger partial charge in [-0.25, -0.2) is 8.42 Å². The topological polar surface area (TPSA) is 95.6 Å². The largest absolute Gasteiger partial charge is 0.346 e. The van der Waals surface area contributed by atoms with E-state index in [0.29, 0.717) is 41.1 Å². The van der Waals surface area contributed by atoms with Gasteiger partial charge in [0.25, 0.3) is 0 Å². The Hall–Kier alpha value is -2.71. The molecular weight excluding hydrogens is 426 g/mol. The van der Waals surface area contributed by atoms with Crippen molar-refractivity contribution in [1.82, 2.24) is 9.62 Å². The van der Waals surface area contributed by atoms with E-state index >= 15 is 0 Å². The van der Waals surface area contributed by atoms with Crippen LogP contribution in [0, 0.1) is 34.6 Å². The van der Waals surface area contributed by atoms with E-state index in [1.807, 2.05) is 45.0 Å². The Labute approximate surface area is 190 Å². The van der Waals surface area contributed by atoms with Crippen molar-refractivity contribution in [3.05, 3.63) is 58.1 Å². The van der Waals surface area contributed by atoms with E-state index in [1.165, 1.54) is 4.31 Å².